The lowest BCUT2D eigenvalue weighted by molar-refractivity contribution is -0.121. The molecule has 1 atom stereocenters. The summed E-state index contributed by atoms with van der Waals surface area (Å²) in [6, 6.07) is 3.46. The Balaban J connectivity index is 2.75. The number of likely N-dealkylation sites (N-methyl/N-ethyl adjacent to an activating group) is 1. The highest BCUT2D eigenvalue weighted by molar-refractivity contribution is 9.10. The van der Waals surface area contributed by atoms with Gasteiger partial charge in [-0.25, -0.2) is 4.98 Å². The van der Waals surface area contributed by atoms with Crippen molar-refractivity contribution in [1.82, 2.24) is 10.3 Å². The number of nitrogens with zero attached hydrogens (tertiary/aromatic N) is 1. The minimum atomic E-state index is -0.249. The van der Waals surface area contributed by atoms with Gasteiger partial charge < -0.3 is 10.6 Å². The molecule has 0 fully saturated rings. The van der Waals surface area contributed by atoms with E-state index < -0.39 is 0 Å². The predicted octanol–water partition coefficient (Wildman–Crippen LogP) is 1.78. The molecule has 4 nitrogen and oxygen atoms in total. The molecule has 2 N–H and O–H groups in total. The van der Waals surface area contributed by atoms with Crippen LogP contribution in [0.1, 0.15) is 13.3 Å². The highest BCUT2D eigenvalue weighted by Gasteiger charge is 2.15. The van der Waals surface area contributed by atoms with Gasteiger partial charge in [0.1, 0.15) is 11.9 Å². The number of rotatable bonds is 4. The van der Waals surface area contributed by atoms with E-state index in [2.05, 4.69) is 31.5 Å². The topological polar surface area (TPSA) is 54.0 Å². The van der Waals surface area contributed by atoms with E-state index >= 15 is 0 Å². The van der Waals surface area contributed by atoms with Crippen molar-refractivity contribution in [3.05, 3.63) is 22.8 Å². The summed E-state index contributed by atoms with van der Waals surface area (Å²) in [6.07, 6.45) is 2.40. The predicted molar refractivity (Wildman–Crippen MR) is 63.7 cm³/mol. The first kappa shape index (κ1) is 12.0. The Morgan fingerprint density at radius 3 is 2.93 bits per heavy atom. The fourth-order valence-electron chi connectivity index (χ4n) is 1.18. The third kappa shape index (κ3) is 3.20. The van der Waals surface area contributed by atoms with Gasteiger partial charge in [-0.05, 0) is 34.5 Å². The molecule has 0 aliphatic rings. The van der Waals surface area contributed by atoms with Gasteiger partial charge in [-0.1, -0.05) is 6.92 Å². The molecular weight excluding hydrogens is 258 g/mol. The SMILES string of the molecule is CCC(Nc1ncccc1Br)C(=O)NC. The molecule has 1 aromatic rings. The van der Waals surface area contributed by atoms with Gasteiger partial charge in [0, 0.05) is 13.2 Å². The number of hydrogen-bond acceptors (Lipinski definition) is 3. The van der Waals surface area contributed by atoms with Gasteiger partial charge in [0.15, 0.2) is 0 Å². The zero-order chi connectivity index (χ0) is 11.3. The van der Waals surface area contributed by atoms with Crippen LogP contribution in [0, 0.1) is 0 Å². The molecule has 82 valence electrons. The average Bonchev–Trinajstić information content (AvgIpc) is 2.27. The zero-order valence-corrected chi connectivity index (χ0v) is 10.3. The Morgan fingerprint density at radius 1 is 1.67 bits per heavy atom. The molecule has 15 heavy (non-hydrogen) atoms. The maximum atomic E-state index is 11.4. The van der Waals surface area contributed by atoms with E-state index in [9.17, 15) is 4.79 Å². The lowest BCUT2D eigenvalue weighted by Gasteiger charge is -2.16. The minimum Gasteiger partial charge on any atom is -0.357 e. The van der Waals surface area contributed by atoms with Crippen LogP contribution in [0.4, 0.5) is 5.82 Å². The van der Waals surface area contributed by atoms with Gasteiger partial charge in [-0.3, -0.25) is 4.79 Å². The fourth-order valence-corrected chi connectivity index (χ4v) is 1.55. The lowest BCUT2D eigenvalue weighted by atomic mass is 10.2. The van der Waals surface area contributed by atoms with Gasteiger partial charge in [-0.15, -0.1) is 0 Å². The molecule has 0 bridgehead atoms. The number of carbonyl (C=O) groups is 1. The minimum absolute atomic E-state index is 0.0324. The first-order valence-electron chi connectivity index (χ1n) is 4.77. The molecule has 1 aromatic heterocycles. The number of pyridine rings is 1. The van der Waals surface area contributed by atoms with Crippen LogP contribution >= 0.6 is 15.9 Å². The second kappa shape index (κ2) is 5.70. The Labute approximate surface area is 97.6 Å². The van der Waals surface area contributed by atoms with Crippen LogP contribution in [-0.4, -0.2) is 24.0 Å². The van der Waals surface area contributed by atoms with E-state index in [1.165, 1.54) is 0 Å². The van der Waals surface area contributed by atoms with Crippen molar-refractivity contribution in [2.45, 2.75) is 19.4 Å². The number of amides is 1. The van der Waals surface area contributed by atoms with Crippen LogP contribution in [-0.2, 0) is 4.79 Å². The Kier molecular flexibility index (Phi) is 4.55. The number of halogens is 1. The van der Waals surface area contributed by atoms with Crippen molar-refractivity contribution in [1.29, 1.82) is 0 Å². The first-order valence-corrected chi connectivity index (χ1v) is 5.57. The van der Waals surface area contributed by atoms with Crippen molar-refractivity contribution >= 4 is 27.7 Å². The number of carbonyl (C=O) groups excluding carboxylic acids is 1. The summed E-state index contributed by atoms with van der Waals surface area (Å²) in [5.74, 6) is 0.656. The zero-order valence-electron chi connectivity index (χ0n) is 8.75. The molecule has 0 aliphatic carbocycles. The van der Waals surface area contributed by atoms with Gasteiger partial charge in [0.25, 0.3) is 0 Å². The van der Waals surface area contributed by atoms with E-state index in [-0.39, 0.29) is 11.9 Å². The second-order valence-electron chi connectivity index (χ2n) is 3.05. The van der Waals surface area contributed by atoms with Crippen LogP contribution in [0.15, 0.2) is 22.8 Å². The van der Waals surface area contributed by atoms with Gasteiger partial charge >= 0.3 is 0 Å². The van der Waals surface area contributed by atoms with Crippen molar-refractivity contribution < 1.29 is 4.79 Å². The molecule has 0 radical (unpaired) electrons. The Bertz CT molecular complexity index is 343. The van der Waals surface area contributed by atoms with Crippen LogP contribution < -0.4 is 10.6 Å². The summed E-state index contributed by atoms with van der Waals surface area (Å²) in [7, 11) is 1.63. The van der Waals surface area contributed by atoms with E-state index in [4.69, 9.17) is 0 Å². The lowest BCUT2D eigenvalue weighted by Crippen LogP contribution is -2.37. The number of nitrogens with one attached hydrogen (secondary N) is 2. The van der Waals surface area contributed by atoms with Crippen LogP contribution in [0.5, 0.6) is 0 Å². The molecule has 1 rings (SSSR count). The Morgan fingerprint density at radius 2 is 2.40 bits per heavy atom. The molecule has 1 heterocycles. The third-order valence-corrected chi connectivity index (χ3v) is 2.68. The first-order chi connectivity index (χ1) is 7.19. The van der Waals surface area contributed by atoms with Gasteiger partial charge in [0.2, 0.25) is 5.91 Å². The second-order valence-corrected chi connectivity index (χ2v) is 3.91. The molecule has 5 heteroatoms. The average molecular weight is 272 g/mol. The number of anilines is 1. The van der Waals surface area contributed by atoms with E-state index in [0.717, 1.165) is 4.47 Å². The molecule has 0 spiro atoms. The molecule has 1 amide bonds. The summed E-state index contributed by atoms with van der Waals surface area (Å²) in [6.45, 7) is 1.95. The molecular formula is C10H14BrN3O. The van der Waals surface area contributed by atoms with Crippen molar-refractivity contribution in [3.8, 4) is 0 Å². The smallest absolute Gasteiger partial charge is 0.242 e. The summed E-state index contributed by atoms with van der Waals surface area (Å²) in [4.78, 5) is 15.6. The number of hydrogen-bond donors (Lipinski definition) is 2. The third-order valence-electron chi connectivity index (χ3n) is 2.04. The largest absolute Gasteiger partial charge is 0.357 e. The monoisotopic (exact) mass is 271 g/mol. The van der Waals surface area contributed by atoms with Crippen molar-refractivity contribution in [3.63, 3.8) is 0 Å². The molecule has 1 unspecified atom stereocenters. The summed E-state index contributed by atoms with van der Waals surface area (Å²) < 4.78 is 0.854. The molecule has 0 aromatic carbocycles. The number of aromatic nitrogens is 1. The maximum absolute atomic E-state index is 11.4. The summed E-state index contributed by atoms with van der Waals surface area (Å²) in [5, 5.41) is 5.69. The van der Waals surface area contributed by atoms with Crippen LogP contribution in [0.2, 0.25) is 0 Å². The molecule has 0 saturated carbocycles. The van der Waals surface area contributed by atoms with Crippen LogP contribution in [0.25, 0.3) is 0 Å². The maximum Gasteiger partial charge on any atom is 0.242 e. The Hall–Kier alpha value is -1.10. The van der Waals surface area contributed by atoms with Gasteiger partial charge in [-0.2, -0.15) is 0 Å². The summed E-state index contributed by atoms with van der Waals surface area (Å²) in [5.41, 5.74) is 0. The quantitative estimate of drug-likeness (QED) is 0.878. The highest BCUT2D eigenvalue weighted by atomic mass is 79.9. The van der Waals surface area contributed by atoms with E-state index in [1.807, 2.05) is 19.1 Å². The fraction of sp³-hybridized carbons (Fsp3) is 0.400. The standard InChI is InChI=1S/C10H14BrN3O/c1-3-8(10(15)12-2)14-9-7(11)5-4-6-13-9/h4-6,8H,3H2,1-2H3,(H,12,15)(H,13,14). The van der Waals surface area contributed by atoms with Gasteiger partial charge in [0.05, 0.1) is 4.47 Å². The van der Waals surface area contributed by atoms with Crippen molar-refractivity contribution in [2.75, 3.05) is 12.4 Å². The summed E-state index contributed by atoms with van der Waals surface area (Å²) >= 11 is 3.37. The highest BCUT2D eigenvalue weighted by Crippen LogP contribution is 2.19. The van der Waals surface area contributed by atoms with Crippen molar-refractivity contribution in [2.24, 2.45) is 0 Å². The normalized spacial score (nSPS) is 11.9. The van der Waals surface area contributed by atoms with E-state index in [1.54, 1.807) is 13.2 Å². The molecule has 0 aliphatic heterocycles. The van der Waals surface area contributed by atoms with E-state index in [0.29, 0.717) is 12.2 Å². The van der Waals surface area contributed by atoms with Crippen LogP contribution in [0.3, 0.4) is 0 Å². The molecule has 0 saturated heterocycles.